The summed E-state index contributed by atoms with van der Waals surface area (Å²) in [4.78, 5) is 11.5. The van der Waals surface area contributed by atoms with E-state index in [0.717, 1.165) is 33.0 Å². The molecule has 12 heteroatoms. The van der Waals surface area contributed by atoms with Gasteiger partial charge in [-0.2, -0.15) is 0 Å². The van der Waals surface area contributed by atoms with Crippen molar-refractivity contribution in [2.75, 3.05) is 23.0 Å². The monoisotopic (exact) mass is 576 g/mol. The van der Waals surface area contributed by atoms with Gasteiger partial charge in [0.25, 0.3) is 0 Å². The molecule has 0 amide bonds. The molecule has 1 saturated heterocycles. The van der Waals surface area contributed by atoms with Crippen molar-refractivity contribution in [3.63, 3.8) is 0 Å². The molecule has 0 saturated carbocycles. The molecule has 0 spiro atoms. The molecule has 1 aliphatic heterocycles. The summed E-state index contributed by atoms with van der Waals surface area (Å²) in [6, 6.07) is 22.6. The first-order valence-electron chi connectivity index (χ1n) is 12.0. The van der Waals surface area contributed by atoms with Gasteiger partial charge in [-0.3, -0.25) is 14.3 Å². The molecular weight excluding hydrogens is 553 g/mol. The van der Waals surface area contributed by atoms with Gasteiger partial charge in [0, 0.05) is 18.1 Å². The van der Waals surface area contributed by atoms with Crippen LogP contribution >= 0.6 is 23.6 Å². The topological polar surface area (TPSA) is 101 Å². The number of anilines is 2. The maximum atomic E-state index is 12.1. The maximum Gasteiger partial charge on any atom is 0.229 e. The Balaban J connectivity index is 1.51. The number of hydrogen-bond acceptors (Lipinski definition) is 7. The Bertz CT molecular complexity index is 1750. The molecule has 198 valence electrons. The number of ether oxygens (including phenoxy) is 1. The lowest BCUT2D eigenvalue weighted by Crippen LogP contribution is -2.30. The second kappa shape index (κ2) is 9.95. The van der Waals surface area contributed by atoms with E-state index >= 15 is 0 Å². The van der Waals surface area contributed by atoms with Gasteiger partial charge in [0.05, 0.1) is 46.7 Å². The second-order valence-corrected chi connectivity index (χ2v) is 12.2. The molecule has 0 unspecified atom stereocenters. The highest BCUT2D eigenvalue weighted by molar-refractivity contribution is 7.92. The summed E-state index contributed by atoms with van der Waals surface area (Å²) >= 11 is 7.48. The molecule has 5 aromatic rings. The van der Waals surface area contributed by atoms with Crippen LogP contribution in [0, 0.1) is 0 Å². The van der Waals surface area contributed by atoms with Crippen LogP contribution in [-0.2, 0) is 10.0 Å². The molecule has 6 rings (SSSR count). The van der Waals surface area contributed by atoms with Crippen LogP contribution in [0.1, 0.15) is 23.5 Å². The number of fused-ring (bicyclic) bond motifs is 1. The van der Waals surface area contributed by atoms with Gasteiger partial charge in [-0.05, 0) is 66.8 Å². The van der Waals surface area contributed by atoms with E-state index < -0.39 is 10.0 Å². The Hall–Kier alpha value is -4.00. The minimum absolute atomic E-state index is 0.282. The maximum absolute atomic E-state index is 12.1. The molecule has 2 atom stereocenters. The molecule has 4 heterocycles. The first-order chi connectivity index (χ1) is 18.8. The van der Waals surface area contributed by atoms with Crippen molar-refractivity contribution in [1.29, 1.82) is 0 Å². The Labute approximate surface area is 235 Å². The van der Waals surface area contributed by atoms with Crippen LogP contribution in [0.5, 0.6) is 5.75 Å². The Morgan fingerprint density at radius 1 is 1.08 bits per heavy atom. The smallest absolute Gasteiger partial charge is 0.229 e. The van der Waals surface area contributed by atoms with Crippen LogP contribution in [0.15, 0.2) is 85.2 Å². The fourth-order valence-electron chi connectivity index (χ4n) is 4.83. The third-order valence-corrected chi connectivity index (χ3v) is 8.37. The molecule has 1 aliphatic rings. The van der Waals surface area contributed by atoms with Crippen molar-refractivity contribution < 1.29 is 13.2 Å². The van der Waals surface area contributed by atoms with E-state index in [9.17, 15) is 8.42 Å². The average Bonchev–Trinajstić information content (AvgIpc) is 3.64. The minimum atomic E-state index is -3.55. The molecule has 0 radical (unpaired) electrons. The van der Waals surface area contributed by atoms with Crippen LogP contribution in [0.3, 0.4) is 0 Å². The zero-order valence-corrected chi connectivity index (χ0v) is 23.4. The SMILES string of the molecule is COc1ccc(N2C(=S)N[C@@H](c3ccccn3)[C@@H]2c2cccn2-c2nc3ccccc3s2)cc1NS(C)(=O)=O. The molecule has 1 fully saturated rings. The van der Waals surface area contributed by atoms with Crippen molar-refractivity contribution in [3.8, 4) is 10.9 Å². The first-order valence-corrected chi connectivity index (χ1v) is 15.1. The third-order valence-electron chi connectivity index (χ3n) is 6.43. The highest BCUT2D eigenvalue weighted by Crippen LogP contribution is 2.44. The number of para-hydroxylation sites is 1. The molecule has 0 aliphatic carbocycles. The number of hydrogen-bond donors (Lipinski definition) is 2. The predicted molar refractivity (Wildman–Crippen MR) is 158 cm³/mol. The second-order valence-electron chi connectivity index (χ2n) is 9.02. The standard InChI is InChI=1S/C27H24N6O3S3/c1-36-22-13-12-17(16-20(22)31-39(2,34)35)33-25(24(30-26(33)37)19-9-5-6-14-28-19)21-10-7-15-32(21)27-29-18-8-3-4-11-23(18)38-27/h3-16,24-25,31H,1-2H3,(H,30,37)/t24-,25-/m0/s1. The number of thiazole rings is 1. The van der Waals surface area contributed by atoms with Crippen molar-refractivity contribution in [2.45, 2.75) is 12.1 Å². The van der Waals surface area contributed by atoms with E-state index in [1.165, 1.54) is 7.11 Å². The van der Waals surface area contributed by atoms with Crippen molar-refractivity contribution in [3.05, 3.63) is 96.6 Å². The number of pyridine rings is 1. The van der Waals surface area contributed by atoms with Gasteiger partial charge in [0.15, 0.2) is 10.2 Å². The largest absolute Gasteiger partial charge is 0.495 e. The molecule has 2 N–H and O–H groups in total. The van der Waals surface area contributed by atoms with Crippen molar-refractivity contribution >= 4 is 60.3 Å². The van der Waals surface area contributed by atoms with E-state index in [0.29, 0.717) is 22.2 Å². The highest BCUT2D eigenvalue weighted by atomic mass is 32.2. The Morgan fingerprint density at radius 3 is 2.64 bits per heavy atom. The van der Waals surface area contributed by atoms with Crippen LogP contribution in [-0.4, -0.2) is 41.4 Å². The van der Waals surface area contributed by atoms with Gasteiger partial charge in [-0.25, -0.2) is 13.4 Å². The molecule has 3 aromatic heterocycles. The van der Waals surface area contributed by atoms with E-state index in [1.54, 1.807) is 29.7 Å². The van der Waals surface area contributed by atoms with Gasteiger partial charge >= 0.3 is 0 Å². The van der Waals surface area contributed by atoms with Gasteiger partial charge in [-0.15, -0.1) is 0 Å². The number of sulfonamides is 1. The lowest BCUT2D eigenvalue weighted by molar-refractivity contribution is 0.417. The lowest BCUT2D eigenvalue weighted by atomic mass is 10.0. The molecule has 2 aromatic carbocycles. The summed E-state index contributed by atoms with van der Waals surface area (Å²) in [5.41, 5.74) is 3.72. The number of aromatic nitrogens is 3. The molecule has 9 nitrogen and oxygen atoms in total. The Morgan fingerprint density at radius 2 is 1.90 bits per heavy atom. The van der Waals surface area contributed by atoms with Crippen molar-refractivity contribution in [2.24, 2.45) is 0 Å². The summed E-state index contributed by atoms with van der Waals surface area (Å²) in [6.45, 7) is 0. The highest BCUT2D eigenvalue weighted by Gasteiger charge is 2.42. The fourth-order valence-corrected chi connectivity index (χ4v) is 6.71. The van der Waals surface area contributed by atoms with E-state index in [2.05, 4.69) is 31.7 Å². The lowest BCUT2D eigenvalue weighted by Gasteiger charge is -2.29. The van der Waals surface area contributed by atoms with Crippen LogP contribution < -0.4 is 19.7 Å². The summed E-state index contributed by atoms with van der Waals surface area (Å²) in [5, 5.41) is 4.78. The number of benzene rings is 2. The summed E-state index contributed by atoms with van der Waals surface area (Å²) in [7, 11) is -2.05. The number of rotatable bonds is 7. The van der Waals surface area contributed by atoms with Crippen LogP contribution in [0.4, 0.5) is 11.4 Å². The fraction of sp³-hybridized carbons (Fsp3) is 0.148. The summed E-state index contributed by atoms with van der Waals surface area (Å²) in [5.74, 6) is 0.401. The van der Waals surface area contributed by atoms with Gasteiger partial charge in [0.1, 0.15) is 11.8 Å². The van der Waals surface area contributed by atoms with Gasteiger partial charge in [-0.1, -0.05) is 29.5 Å². The zero-order chi connectivity index (χ0) is 27.1. The first kappa shape index (κ1) is 25.3. The predicted octanol–water partition coefficient (Wildman–Crippen LogP) is 5.04. The van der Waals surface area contributed by atoms with Gasteiger partial charge in [0.2, 0.25) is 10.0 Å². The summed E-state index contributed by atoms with van der Waals surface area (Å²) < 4.78 is 35.3. The van der Waals surface area contributed by atoms with Crippen molar-refractivity contribution in [1.82, 2.24) is 19.9 Å². The van der Waals surface area contributed by atoms with E-state index in [1.807, 2.05) is 59.6 Å². The minimum Gasteiger partial charge on any atom is -0.495 e. The van der Waals surface area contributed by atoms with Crippen LogP contribution in [0.25, 0.3) is 15.3 Å². The number of methoxy groups -OCH3 is 1. The number of thiocarbonyl (C=S) groups is 1. The quantitative estimate of drug-likeness (QED) is 0.260. The molecular formula is C27H24N6O3S3. The zero-order valence-electron chi connectivity index (χ0n) is 21.0. The van der Waals surface area contributed by atoms with E-state index in [-0.39, 0.29) is 12.1 Å². The molecule has 0 bridgehead atoms. The Kier molecular flexibility index (Phi) is 6.45. The average molecular weight is 577 g/mol. The van der Waals surface area contributed by atoms with E-state index in [4.69, 9.17) is 21.9 Å². The normalized spacial score (nSPS) is 17.4. The molecule has 39 heavy (non-hydrogen) atoms. The van der Waals surface area contributed by atoms with Crippen LogP contribution in [0.2, 0.25) is 0 Å². The number of nitrogens with one attached hydrogen (secondary N) is 2. The number of nitrogens with zero attached hydrogens (tertiary/aromatic N) is 4. The third kappa shape index (κ3) is 4.82. The summed E-state index contributed by atoms with van der Waals surface area (Å²) in [6.07, 6.45) is 4.85. The van der Waals surface area contributed by atoms with Gasteiger partial charge < -0.3 is 15.0 Å².